The minimum absolute atomic E-state index is 0.0390. The molecule has 0 spiro atoms. The number of hydrogen-bond acceptors (Lipinski definition) is 1. The zero-order valence-corrected chi connectivity index (χ0v) is 8.35. The van der Waals surface area contributed by atoms with Gasteiger partial charge in [-0.05, 0) is 18.1 Å². The summed E-state index contributed by atoms with van der Waals surface area (Å²) in [5, 5.41) is -0.923. The van der Waals surface area contributed by atoms with Gasteiger partial charge in [0.05, 0.1) is 10.9 Å². The van der Waals surface area contributed by atoms with E-state index in [1.165, 1.54) is 18.2 Å². The second kappa shape index (κ2) is 4.66. The van der Waals surface area contributed by atoms with Crippen LogP contribution in [0.2, 0.25) is 0 Å². The van der Waals surface area contributed by atoms with Crippen LogP contribution in [0.3, 0.4) is 0 Å². The number of benzene rings is 1. The molecule has 1 aromatic rings. The van der Waals surface area contributed by atoms with E-state index in [2.05, 4.69) is 0 Å². The van der Waals surface area contributed by atoms with Crippen LogP contribution in [-0.4, -0.2) is 11.7 Å². The van der Waals surface area contributed by atoms with Gasteiger partial charge in [-0.15, -0.1) is 11.6 Å². The average Bonchev–Trinajstić information content (AvgIpc) is 2.17. The molecule has 0 aliphatic rings. The van der Waals surface area contributed by atoms with Crippen molar-refractivity contribution in [2.45, 2.75) is 18.0 Å². The SMILES string of the molecule is O=CC(Cl)Cc1ccccc1C(F)(F)F. The maximum Gasteiger partial charge on any atom is 0.416 e. The van der Waals surface area contributed by atoms with E-state index < -0.39 is 17.1 Å². The molecule has 0 aromatic heterocycles. The Bertz CT molecular complexity index is 349. The van der Waals surface area contributed by atoms with Crippen molar-refractivity contribution < 1.29 is 18.0 Å². The molecular weight excluding hydrogens is 229 g/mol. The molecular formula is C10H8ClF3O. The van der Waals surface area contributed by atoms with Gasteiger partial charge in [0.1, 0.15) is 6.29 Å². The number of hydrogen-bond donors (Lipinski definition) is 0. The van der Waals surface area contributed by atoms with E-state index in [1.54, 1.807) is 0 Å². The molecule has 0 saturated carbocycles. The molecule has 1 nitrogen and oxygen atoms in total. The van der Waals surface area contributed by atoms with E-state index in [4.69, 9.17) is 11.6 Å². The van der Waals surface area contributed by atoms with Crippen LogP contribution in [0.15, 0.2) is 24.3 Å². The first-order valence-electron chi connectivity index (χ1n) is 4.19. The van der Waals surface area contributed by atoms with Crippen LogP contribution in [0, 0.1) is 0 Å². The minimum Gasteiger partial charge on any atom is -0.302 e. The van der Waals surface area contributed by atoms with Crippen molar-refractivity contribution in [3.05, 3.63) is 35.4 Å². The van der Waals surface area contributed by atoms with E-state index in [-0.39, 0.29) is 12.0 Å². The monoisotopic (exact) mass is 236 g/mol. The summed E-state index contributed by atoms with van der Waals surface area (Å²) < 4.78 is 37.4. The molecule has 1 atom stereocenters. The summed E-state index contributed by atoms with van der Waals surface area (Å²) in [5.41, 5.74) is -0.699. The van der Waals surface area contributed by atoms with Gasteiger partial charge in [-0.25, -0.2) is 0 Å². The molecule has 0 N–H and O–H groups in total. The van der Waals surface area contributed by atoms with Crippen LogP contribution in [0.4, 0.5) is 13.2 Å². The Morgan fingerprint density at radius 1 is 1.33 bits per heavy atom. The van der Waals surface area contributed by atoms with E-state index in [0.29, 0.717) is 6.29 Å². The molecule has 1 aromatic carbocycles. The maximum absolute atomic E-state index is 12.5. The fourth-order valence-electron chi connectivity index (χ4n) is 1.23. The van der Waals surface area contributed by atoms with Crippen LogP contribution in [0.5, 0.6) is 0 Å². The summed E-state index contributed by atoms with van der Waals surface area (Å²) in [6.45, 7) is 0. The average molecular weight is 237 g/mol. The van der Waals surface area contributed by atoms with Gasteiger partial charge in [0, 0.05) is 0 Å². The van der Waals surface area contributed by atoms with Gasteiger partial charge in [0.15, 0.2) is 0 Å². The first-order chi connectivity index (χ1) is 6.95. The number of alkyl halides is 4. The lowest BCUT2D eigenvalue weighted by Gasteiger charge is -2.12. The summed E-state index contributed by atoms with van der Waals surface area (Å²) in [7, 11) is 0. The highest BCUT2D eigenvalue weighted by Crippen LogP contribution is 2.32. The lowest BCUT2D eigenvalue weighted by molar-refractivity contribution is -0.138. The number of carbonyl (C=O) groups excluding carboxylic acids is 1. The smallest absolute Gasteiger partial charge is 0.302 e. The third kappa shape index (κ3) is 3.23. The zero-order valence-electron chi connectivity index (χ0n) is 7.59. The number of carbonyl (C=O) groups is 1. The van der Waals surface area contributed by atoms with Gasteiger partial charge < -0.3 is 4.79 Å². The summed E-state index contributed by atoms with van der Waals surface area (Å²) >= 11 is 5.49. The second-order valence-electron chi connectivity index (χ2n) is 3.01. The summed E-state index contributed by atoms with van der Waals surface area (Å²) in [4.78, 5) is 10.3. The van der Waals surface area contributed by atoms with Crippen molar-refractivity contribution in [2.24, 2.45) is 0 Å². The third-order valence-corrected chi connectivity index (χ3v) is 2.14. The summed E-state index contributed by atoms with van der Waals surface area (Å²) in [5.74, 6) is 0. The van der Waals surface area contributed by atoms with E-state index in [1.807, 2.05) is 0 Å². The van der Waals surface area contributed by atoms with Gasteiger partial charge in [0.25, 0.3) is 0 Å². The molecule has 1 rings (SSSR count). The molecule has 0 aliphatic heterocycles. The Labute approximate surface area is 89.9 Å². The predicted octanol–water partition coefficient (Wildman–Crippen LogP) is 3.05. The first-order valence-corrected chi connectivity index (χ1v) is 4.63. The normalized spacial score (nSPS) is 13.6. The number of aldehydes is 1. The van der Waals surface area contributed by atoms with Crippen molar-refractivity contribution in [2.75, 3.05) is 0 Å². The Morgan fingerprint density at radius 3 is 2.47 bits per heavy atom. The van der Waals surface area contributed by atoms with Crippen LogP contribution in [0.1, 0.15) is 11.1 Å². The summed E-state index contributed by atoms with van der Waals surface area (Å²) in [6, 6.07) is 5.08. The van der Waals surface area contributed by atoms with Crippen molar-refractivity contribution >= 4 is 17.9 Å². The number of halogens is 4. The van der Waals surface area contributed by atoms with Crippen LogP contribution in [0.25, 0.3) is 0 Å². The minimum atomic E-state index is -4.41. The van der Waals surface area contributed by atoms with E-state index in [0.717, 1.165) is 6.07 Å². The Morgan fingerprint density at radius 2 is 1.93 bits per heavy atom. The third-order valence-electron chi connectivity index (χ3n) is 1.89. The fraction of sp³-hybridized carbons (Fsp3) is 0.300. The summed E-state index contributed by atoms with van der Waals surface area (Å²) in [6.07, 6.45) is -4.09. The standard InChI is InChI=1S/C10H8ClF3O/c11-8(6-15)5-7-3-1-2-4-9(7)10(12,13)14/h1-4,6,8H,5H2. The van der Waals surface area contributed by atoms with Crippen molar-refractivity contribution in [1.29, 1.82) is 0 Å². The Hall–Kier alpha value is -1.03. The van der Waals surface area contributed by atoms with Crippen molar-refractivity contribution in [1.82, 2.24) is 0 Å². The topological polar surface area (TPSA) is 17.1 Å². The van der Waals surface area contributed by atoms with E-state index in [9.17, 15) is 18.0 Å². The highest BCUT2D eigenvalue weighted by Gasteiger charge is 2.33. The van der Waals surface area contributed by atoms with Gasteiger partial charge in [-0.3, -0.25) is 0 Å². The molecule has 0 aliphatic carbocycles. The second-order valence-corrected chi connectivity index (χ2v) is 3.57. The largest absolute Gasteiger partial charge is 0.416 e. The molecule has 0 saturated heterocycles. The molecule has 5 heteroatoms. The lowest BCUT2D eigenvalue weighted by Crippen LogP contribution is -2.13. The van der Waals surface area contributed by atoms with Crippen LogP contribution in [-0.2, 0) is 17.4 Å². The Balaban J connectivity index is 3.02. The molecule has 82 valence electrons. The molecule has 0 radical (unpaired) electrons. The number of rotatable bonds is 3. The zero-order chi connectivity index (χ0) is 11.5. The van der Waals surface area contributed by atoms with Gasteiger partial charge in [0.2, 0.25) is 0 Å². The van der Waals surface area contributed by atoms with Crippen LogP contribution >= 0.6 is 11.6 Å². The maximum atomic E-state index is 12.5. The molecule has 15 heavy (non-hydrogen) atoms. The highest BCUT2D eigenvalue weighted by molar-refractivity contribution is 6.27. The predicted molar refractivity (Wildman–Crippen MR) is 50.9 cm³/mol. The first kappa shape index (κ1) is 12.0. The van der Waals surface area contributed by atoms with E-state index >= 15 is 0 Å². The molecule has 0 heterocycles. The van der Waals surface area contributed by atoms with Crippen molar-refractivity contribution in [3.63, 3.8) is 0 Å². The van der Waals surface area contributed by atoms with Gasteiger partial charge >= 0.3 is 6.18 Å². The molecule has 0 fully saturated rings. The van der Waals surface area contributed by atoms with Gasteiger partial charge in [-0.1, -0.05) is 18.2 Å². The molecule has 0 amide bonds. The highest BCUT2D eigenvalue weighted by atomic mass is 35.5. The van der Waals surface area contributed by atoms with Gasteiger partial charge in [-0.2, -0.15) is 13.2 Å². The lowest BCUT2D eigenvalue weighted by atomic mass is 10.0. The van der Waals surface area contributed by atoms with Crippen LogP contribution < -0.4 is 0 Å². The molecule has 1 unspecified atom stereocenters. The Kier molecular flexibility index (Phi) is 3.74. The quantitative estimate of drug-likeness (QED) is 0.582. The fourth-order valence-corrected chi connectivity index (χ4v) is 1.40. The molecule has 0 bridgehead atoms. The van der Waals surface area contributed by atoms with Crippen molar-refractivity contribution in [3.8, 4) is 0 Å².